The van der Waals surface area contributed by atoms with Crippen molar-refractivity contribution in [2.45, 2.75) is 57.0 Å². The molecule has 0 saturated heterocycles. The summed E-state index contributed by atoms with van der Waals surface area (Å²) in [5, 5.41) is 3.27. The molecule has 1 amide bonds. The molecular formula is C15H24N2O. The Labute approximate surface area is 110 Å². The lowest BCUT2D eigenvalue weighted by Gasteiger charge is -2.36. The SMILES string of the molecule is O=C([C@@H]1C=CCN1)N(CC1CC1)C1CCCCC1. The minimum atomic E-state index is -0.0503. The Morgan fingerprint density at radius 2 is 1.94 bits per heavy atom. The van der Waals surface area contributed by atoms with E-state index in [-0.39, 0.29) is 6.04 Å². The third-order valence-corrected chi connectivity index (χ3v) is 4.50. The number of hydrogen-bond donors (Lipinski definition) is 1. The molecule has 1 atom stereocenters. The van der Waals surface area contributed by atoms with E-state index in [1.165, 1.54) is 44.9 Å². The van der Waals surface area contributed by atoms with Crippen LogP contribution in [0.1, 0.15) is 44.9 Å². The molecule has 3 rings (SSSR count). The Morgan fingerprint density at radius 1 is 1.17 bits per heavy atom. The van der Waals surface area contributed by atoms with Crippen molar-refractivity contribution in [3.8, 4) is 0 Å². The molecular weight excluding hydrogens is 224 g/mol. The molecule has 3 heteroatoms. The lowest BCUT2D eigenvalue weighted by molar-refractivity contribution is -0.135. The maximum absolute atomic E-state index is 12.6. The van der Waals surface area contributed by atoms with E-state index in [4.69, 9.17) is 0 Å². The molecule has 18 heavy (non-hydrogen) atoms. The molecule has 0 bridgehead atoms. The summed E-state index contributed by atoms with van der Waals surface area (Å²) in [7, 11) is 0. The van der Waals surface area contributed by atoms with E-state index in [2.05, 4.69) is 16.3 Å². The summed E-state index contributed by atoms with van der Waals surface area (Å²) in [5.74, 6) is 1.11. The molecule has 0 unspecified atom stereocenters. The Kier molecular flexibility index (Phi) is 3.69. The lowest BCUT2D eigenvalue weighted by Crippen LogP contribution is -2.49. The second-order valence-electron chi connectivity index (χ2n) is 6.04. The average molecular weight is 248 g/mol. The van der Waals surface area contributed by atoms with Gasteiger partial charge in [-0.15, -0.1) is 0 Å². The number of nitrogens with zero attached hydrogens (tertiary/aromatic N) is 1. The molecule has 3 nitrogen and oxygen atoms in total. The molecule has 0 aromatic carbocycles. The predicted octanol–water partition coefficient (Wildman–Crippen LogP) is 2.09. The van der Waals surface area contributed by atoms with Gasteiger partial charge in [0.1, 0.15) is 6.04 Å². The number of amides is 1. The van der Waals surface area contributed by atoms with Crippen molar-refractivity contribution in [1.29, 1.82) is 0 Å². The summed E-state index contributed by atoms with van der Waals surface area (Å²) in [6.07, 6.45) is 13.1. The maximum Gasteiger partial charge on any atom is 0.243 e. The van der Waals surface area contributed by atoms with Crippen LogP contribution in [0.4, 0.5) is 0 Å². The first-order chi connectivity index (χ1) is 8.84. The third-order valence-electron chi connectivity index (χ3n) is 4.50. The number of carbonyl (C=O) groups excluding carboxylic acids is 1. The Morgan fingerprint density at radius 3 is 2.56 bits per heavy atom. The quantitative estimate of drug-likeness (QED) is 0.773. The zero-order valence-electron chi connectivity index (χ0n) is 11.1. The van der Waals surface area contributed by atoms with Crippen molar-refractivity contribution in [3.63, 3.8) is 0 Å². The van der Waals surface area contributed by atoms with Crippen molar-refractivity contribution in [2.75, 3.05) is 13.1 Å². The van der Waals surface area contributed by atoms with Crippen LogP contribution in [0.15, 0.2) is 12.2 Å². The summed E-state index contributed by atoms with van der Waals surface area (Å²) in [6.45, 7) is 1.86. The summed E-state index contributed by atoms with van der Waals surface area (Å²) in [4.78, 5) is 14.8. The van der Waals surface area contributed by atoms with Crippen LogP contribution in [0.3, 0.4) is 0 Å². The standard InChI is InChI=1S/C15H24N2O/c18-15(14-7-4-10-16-14)17(11-12-8-9-12)13-5-2-1-3-6-13/h4,7,12-14,16H,1-3,5-6,8-11H2/t14-/m0/s1. The van der Waals surface area contributed by atoms with Crippen LogP contribution in [0.5, 0.6) is 0 Å². The van der Waals surface area contributed by atoms with Crippen LogP contribution >= 0.6 is 0 Å². The summed E-state index contributed by atoms with van der Waals surface area (Å²) < 4.78 is 0. The average Bonchev–Trinajstić information content (AvgIpc) is 3.07. The predicted molar refractivity (Wildman–Crippen MR) is 72.2 cm³/mol. The van der Waals surface area contributed by atoms with E-state index in [1.807, 2.05) is 6.08 Å². The third kappa shape index (κ3) is 2.77. The smallest absolute Gasteiger partial charge is 0.243 e. The van der Waals surface area contributed by atoms with Gasteiger partial charge in [-0.05, 0) is 31.6 Å². The topological polar surface area (TPSA) is 32.3 Å². The molecule has 0 aromatic rings. The van der Waals surface area contributed by atoms with Gasteiger partial charge in [0, 0.05) is 19.1 Å². The molecule has 1 heterocycles. The molecule has 100 valence electrons. The van der Waals surface area contributed by atoms with Crippen molar-refractivity contribution in [2.24, 2.45) is 5.92 Å². The van der Waals surface area contributed by atoms with Crippen molar-refractivity contribution < 1.29 is 4.79 Å². The van der Waals surface area contributed by atoms with Crippen LogP contribution < -0.4 is 5.32 Å². The van der Waals surface area contributed by atoms with Crippen LogP contribution in [-0.2, 0) is 4.79 Å². The fourth-order valence-corrected chi connectivity index (χ4v) is 3.21. The maximum atomic E-state index is 12.6. The van der Waals surface area contributed by atoms with Crippen molar-refractivity contribution in [1.82, 2.24) is 10.2 Å². The minimum Gasteiger partial charge on any atom is -0.338 e. The van der Waals surface area contributed by atoms with E-state index in [1.54, 1.807) is 0 Å². The van der Waals surface area contributed by atoms with Crippen molar-refractivity contribution >= 4 is 5.91 Å². The lowest BCUT2D eigenvalue weighted by atomic mass is 9.93. The van der Waals surface area contributed by atoms with Gasteiger partial charge in [-0.1, -0.05) is 31.4 Å². The summed E-state index contributed by atoms with van der Waals surface area (Å²) >= 11 is 0. The van der Waals surface area contributed by atoms with Gasteiger partial charge in [-0.25, -0.2) is 0 Å². The minimum absolute atomic E-state index is 0.0503. The van der Waals surface area contributed by atoms with Crippen LogP contribution in [0.2, 0.25) is 0 Å². The highest BCUT2D eigenvalue weighted by Crippen LogP contribution is 2.33. The zero-order valence-corrected chi connectivity index (χ0v) is 11.1. The fourth-order valence-electron chi connectivity index (χ4n) is 3.21. The number of carbonyl (C=O) groups is 1. The van der Waals surface area contributed by atoms with E-state index in [9.17, 15) is 4.79 Å². The molecule has 0 aromatic heterocycles. The molecule has 0 spiro atoms. The largest absolute Gasteiger partial charge is 0.338 e. The summed E-state index contributed by atoms with van der Waals surface area (Å²) in [6, 6.07) is 0.466. The van der Waals surface area contributed by atoms with E-state index < -0.39 is 0 Å². The number of hydrogen-bond acceptors (Lipinski definition) is 2. The highest BCUT2D eigenvalue weighted by Gasteiger charge is 2.34. The molecule has 2 fully saturated rings. The van der Waals surface area contributed by atoms with E-state index >= 15 is 0 Å². The van der Waals surface area contributed by atoms with E-state index in [0.717, 1.165) is 19.0 Å². The van der Waals surface area contributed by atoms with Gasteiger partial charge in [0.25, 0.3) is 0 Å². The summed E-state index contributed by atoms with van der Waals surface area (Å²) in [5.41, 5.74) is 0. The van der Waals surface area contributed by atoms with Crippen LogP contribution in [-0.4, -0.2) is 36.0 Å². The molecule has 2 aliphatic carbocycles. The van der Waals surface area contributed by atoms with Crippen molar-refractivity contribution in [3.05, 3.63) is 12.2 Å². The van der Waals surface area contributed by atoms with Gasteiger partial charge < -0.3 is 4.90 Å². The van der Waals surface area contributed by atoms with Gasteiger partial charge in [-0.3, -0.25) is 10.1 Å². The van der Waals surface area contributed by atoms with E-state index in [0.29, 0.717) is 11.9 Å². The van der Waals surface area contributed by atoms with Crippen LogP contribution in [0.25, 0.3) is 0 Å². The fraction of sp³-hybridized carbons (Fsp3) is 0.800. The molecule has 1 N–H and O–H groups in total. The van der Waals surface area contributed by atoms with Gasteiger partial charge in [0.15, 0.2) is 0 Å². The molecule has 1 aliphatic heterocycles. The van der Waals surface area contributed by atoms with Gasteiger partial charge in [0.2, 0.25) is 5.91 Å². The molecule has 3 aliphatic rings. The first-order valence-electron chi connectivity index (χ1n) is 7.55. The Bertz CT molecular complexity index is 329. The Hall–Kier alpha value is -0.830. The molecule has 0 radical (unpaired) electrons. The zero-order chi connectivity index (χ0) is 12.4. The number of nitrogens with one attached hydrogen (secondary N) is 1. The first kappa shape index (κ1) is 12.2. The van der Waals surface area contributed by atoms with Crippen LogP contribution in [0, 0.1) is 5.92 Å². The molecule has 2 saturated carbocycles. The first-order valence-corrected chi connectivity index (χ1v) is 7.55. The monoisotopic (exact) mass is 248 g/mol. The second kappa shape index (κ2) is 5.43. The van der Waals surface area contributed by atoms with Gasteiger partial charge >= 0.3 is 0 Å². The Balaban J connectivity index is 1.66. The van der Waals surface area contributed by atoms with Gasteiger partial charge in [0.05, 0.1) is 0 Å². The highest BCUT2D eigenvalue weighted by atomic mass is 16.2. The van der Waals surface area contributed by atoms with Gasteiger partial charge in [-0.2, -0.15) is 0 Å². The number of rotatable bonds is 4. The second-order valence-corrected chi connectivity index (χ2v) is 6.04. The highest BCUT2D eigenvalue weighted by molar-refractivity contribution is 5.84. The normalized spacial score (nSPS) is 28.6.